The van der Waals surface area contributed by atoms with Crippen LogP contribution in [0.2, 0.25) is 0 Å². The number of para-hydroxylation sites is 1. The molecule has 2 heterocycles. The number of nitrogens with zero attached hydrogens (tertiary/aromatic N) is 1. The van der Waals surface area contributed by atoms with Gasteiger partial charge in [-0.25, -0.2) is 0 Å². The van der Waals surface area contributed by atoms with Crippen molar-refractivity contribution in [2.75, 3.05) is 26.4 Å². The first kappa shape index (κ1) is 23.4. The number of rotatable bonds is 7. The van der Waals surface area contributed by atoms with Gasteiger partial charge in [0.15, 0.2) is 17.3 Å². The van der Waals surface area contributed by atoms with Crippen molar-refractivity contribution in [3.8, 4) is 11.5 Å². The number of piperidine rings is 1. The number of halogens is 3. The van der Waals surface area contributed by atoms with Crippen LogP contribution in [0.1, 0.15) is 62.8 Å². The van der Waals surface area contributed by atoms with Gasteiger partial charge in [0.1, 0.15) is 0 Å². The molecule has 1 saturated heterocycles. The first-order valence-corrected chi connectivity index (χ1v) is 11.7. The maximum atomic E-state index is 12.5. The highest BCUT2D eigenvalue weighted by Gasteiger charge is 2.43. The van der Waals surface area contributed by atoms with Crippen LogP contribution < -0.4 is 9.47 Å². The van der Waals surface area contributed by atoms with E-state index in [1.807, 2.05) is 12.1 Å². The van der Waals surface area contributed by atoms with Gasteiger partial charge >= 0.3 is 6.18 Å². The standard InChI is InChI=1S/C24H32F3NO4/c25-24(26,27)23(30)20(29)14-17-6-4-16(5-7-17)8-11-28-12-9-18(10-13-28)19-2-1-3-21-22(19)32-15-31-21/h1-3,16-18,23,30H,4-15H2. The lowest BCUT2D eigenvalue weighted by Crippen LogP contribution is -2.37. The lowest BCUT2D eigenvalue weighted by molar-refractivity contribution is -0.204. The van der Waals surface area contributed by atoms with Crippen molar-refractivity contribution in [1.82, 2.24) is 4.90 Å². The van der Waals surface area contributed by atoms with Crippen LogP contribution >= 0.6 is 0 Å². The molecule has 1 atom stereocenters. The van der Waals surface area contributed by atoms with Crippen LogP contribution in [-0.4, -0.2) is 54.5 Å². The summed E-state index contributed by atoms with van der Waals surface area (Å²) in [6, 6.07) is 6.12. The molecule has 4 rings (SSSR count). The van der Waals surface area contributed by atoms with Crippen LogP contribution in [0.5, 0.6) is 11.5 Å². The minimum Gasteiger partial charge on any atom is -0.454 e. The minimum absolute atomic E-state index is 0.0368. The van der Waals surface area contributed by atoms with Crippen LogP contribution in [-0.2, 0) is 4.79 Å². The van der Waals surface area contributed by atoms with Gasteiger partial charge in [0.2, 0.25) is 12.9 Å². The number of carbonyl (C=O) groups is 1. The molecule has 2 aliphatic heterocycles. The fraction of sp³-hybridized carbons (Fsp3) is 0.708. The molecule has 0 bridgehead atoms. The Labute approximate surface area is 186 Å². The van der Waals surface area contributed by atoms with Gasteiger partial charge < -0.3 is 19.5 Å². The van der Waals surface area contributed by atoms with E-state index in [1.165, 1.54) is 5.56 Å². The van der Waals surface area contributed by atoms with E-state index in [2.05, 4.69) is 11.0 Å². The van der Waals surface area contributed by atoms with Gasteiger partial charge in [-0.15, -0.1) is 0 Å². The number of aliphatic hydroxyl groups is 1. The summed E-state index contributed by atoms with van der Waals surface area (Å²) in [6.07, 6.45) is -1.15. The Bertz CT molecular complexity index is 784. The number of hydrogen-bond acceptors (Lipinski definition) is 5. The number of aliphatic hydroxyl groups excluding tert-OH is 1. The molecular formula is C24H32F3NO4. The number of benzene rings is 1. The molecule has 2 fully saturated rings. The number of hydrogen-bond donors (Lipinski definition) is 1. The average molecular weight is 456 g/mol. The summed E-state index contributed by atoms with van der Waals surface area (Å²) in [7, 11) is 0. The fourth-order valence-corrected chi connectivity index (χ4v) is 5.41. The second-order valence-electron chi connectivity index (χ2n) is 9.49. The maximum absolute atomic E-state index is 12.5. The summed E-state index contributed by atoms with van der Waals surface area (Å²) in [6.45, 7) is 3.44. The SMILES string of the molecule is O=C(CC1CCC(CCN2CCC(c3cccc4c3OCO4)CC2)CC1)C(O)C(F)(F)F. The molecule has 1 aromatic rings. The molecule has 1 unspecified atom stereocenters. The van der Waals surface area contributed by atoms with E-state index >= 15 is 0 Å². The van der Waals surface area contributed by atoms with Crippen LogP contribution in [0, 0.1) is 11.8 Å². The zero-order chi connectivity index (χ0) is 22.7. The van der Waals surface area contributed by atoms with E-state index in [0.717, 1.165) is 76.1 Å². The van der Waals surface area contributed by atoms with E-state index in [4.69, 9.17) is 14.6 Å². The number of Topliss-reactive ketones (excluding diaryl/α,β-unsaturated/α-hetero) is 1. The normalized spacial score (nSPS) is 25.6. The Morgan fingerprint density at radius 3 is 2.44 bits per heavy atom. The molecule has 0 spiro atoms. The average Bonchev–Trinajstić information content (AvgIpc) is 3.27. The number of ether oxygens (including phenoxy) is 2. The first-order valence-electron chi connectivity index (χ1n) is 11.7. The highest BCUT2D eigenvalue weighted by molar-refractivity contribution is 5.83. The van der Waals surface area contributed by atoms with E-state index < -0.39 is 18.1 Å². The van der Waals surface area contributed by atoms with Gasteiger partial charge in [0.05, 0.1) is 0 Å². The van der Waals surface area contributed by atoms with Crippen LogP contribution in [0.3, 0.4) is 0 Å². The highest BCUT2D eigenvalue weighted by atomic mass is 19.4. The third kappa shape index (κ3) is 5.57. The number of alkyl halides is 3. The largest absolute Gasteiger partial charge is 0.454 e. The lowest BCUT2D eigenvalue weighted by atomic mass is 9.78. The molecule has 3 aliphatic rings. The van der Waals surface area contributed by atoms with Crippen molar-refractivity contribution in [2.24, 2.45) is 11.8 Å². The van der Waals surface area contributed by atoms with Crippen molar-refractivity contribution in [1.29, 1.82) is 0 Å². The fourth-order valence-electron chi connectivity index (χ4n) is 5.41. The smallest absolute Gasteiger partial charge is 0.421 e. The number of carbonyl (C=O) groups excluding carboxylic acids is 1. The van der Waals surface area contributed by atoms with Crippen molar-refractivity contribution < 1.29 is 32.5 Å². The number of likely N-dealkylation sites (tertiary alicyclic amines) is 1. The van der Waals surface area contributed by atoms with E-state index in [1.54, 1.807) is 0 Å². The molecule has 178 valence electrons. The minimum atomic E-state index is -4.86. The Kier molecular flexibility index (Phi) is 7.30. The summed E-state index contributed by atoms with van der Waals surface area (Å²) < 4.78 is 48.6. The molecular weight excluding hydrogens is 423 g/mol. The molecule has 1 aliphatic carbocycles. The predicted octanol–water partition coefficient (Wildman–Crippen LogP) is 4.67. The van der Waals surface area contributed by atoms with Gasteiger partial charge in [-0.05, 0) is 75.6 Å². The quantitative estimate of drug-likeness (QED) is 0.647. The molecule has 32 heavy (non-hydrogen) atoms. The van der Waals surface area contributed by atoms with Crippen LogP contribution in [0.15, 0.2) is 18.2 Å². The van der Waals surface area contributed by atoms with Gasteiger partial charge in [-0.3, -0.25) is 4.79 Å². The van der Waals surface area contributed by atoms with Gasteiger partial charge in [0.25, 0.3) is 0 Å². The summed E-state index contributed by atoms with van der Waals surface area (Å²) in [4.78, 5) is 14.2. The Morgan fingerprint density at radius 1 is 1.06 bits per heavy atom. The third-order valence-corrected chi connectivity index (χ3v) is 7.38. The zero-order valence-corrected chi connectivity index (χ0v) is 18.3. The first-order chi connectivity index (χ1) is 15.3. The second-order valence-corrected chi connectivity index (χ2v) is 9.49. The summed E-state index contributed by atoms with van der Waals surface area (Å²) >= 11 is 0. The van der Waals surface area contributed by atoms with E-state index in [0.29, 0.717) is 18.6 Å². The van der Waals surface area contributed by atoms with E-state index in [-0.39, 0.29) is 12.3 Å². The second kappa shape index (κ2) is 10.00. The van der Waals surface area contributed by atoms with Gasteiger partial charge in [-0.1, -0.05) is 25.0 Å². The van der Waals surface area contributed by atoms with E-state index in [9.17, 15) is 18.0 Å². The summed E-state index contributed by atoms with van der Waals surface area (Å²) in [5.74, 6) is 1.67. The predicted molar refractivity (Wildman–Crippen MR) is 113 cm³/mol. The molecule has 8 heteroatoms. The molecule has 5 nitrogen and oxygen atoms in total. The van der Waals surface area contributed by atoms with Crippen molar-refractivity contribution in [2.45, 2.75) is 69.6 Å². The third-order valence-electron chi connectivity index (χ3n) is 7.38. The van der Waals surface area contributed by atoms with Crippen molar-refractivity contribution >= 4 is 5.78 Å². The zero-order valence-electron chi connectivity index (χ0n) is 18.3. The molecule has 1 N–H and O–H groups in total. The maximum Gasteiger partial charge on any atom is 0.421 e. The monoisotopic (exact) mass is 455 g/mol. The lowest BCUT2D eigenvalue weighted by Gasteiger charge is -2.34. The topological polar surface area (TPSA) is 59.0 Å². The molecule has 0 aromatic heterocycles. The highest BCUT2D eigenvalue weighted by Crippen LogP contribution is 2.42. The number of ketones is 1. The van der Waals surface area contributed by atoms with Crippen molar-refractivity contribution in [3.05, 3.63) is 23.8 Å². The van der Waals surface area contributed by atoms with Gasteiger partial charge in [0, 0.05) is 12.0 Å². The van der Waals surface area contributed by atoms with Crippen LogP contribution in [0.25, 0.3) is 0 Å². The molecule has 0 radical (unpaired) electrons. The van der Waals surface area contributed by atoms with Crippen LogP contribution in [0.4, 0.5) is 13.2 Å². The molecule has 1 aromatic carbocycles. The molecule has 0 amide bonds. The Morgan fingerprint density at radius 2 is 1.75 bits per heavy atom. The Hall–Kier alpha value is -1.80. The summed E-state index contributed by atoms with van der Waals surface area (Å²) in [5.41, 5.74) is 1.25. The van der Waals surface area contributed by atoms with Crippen molar-refractivity contribution in [3.63, 3.8) is 0 Å². The van der Waals surface area contributed by atoms with Gasteiger partial charge in [-0.2, -0.15) is 13.2 Å². The summed E-state index contributed by atoms with van der Waals surface area (Å²) in [5, 5.41) is 9.11. The number of fused-ring (bicyclic) bond motifs is 1. The molecule has 1 saturated carbocycles. The Balaban J connectivity index is 1.15.